The van der Waals surface area contributed by atoms with E-state index in [2.05, 4.69) is 10.3 Å². The predicted octanol–water partition coefficient (Wildman–Crippen LogP) is 1.64. The number of carbonyl (C=O) groups excluding carboxylic acids is 1. The fourth-order valence-corrected chi connectivity index (χ4v) is 1.36. The molecule has 0 fully saturated rings. The predicted molar refractivity (Wildman–Crippen MR) is 60.1 cm³/mol. The first-order valence-corrected chi connectivity index (χ1v) is 5.34. The number of aromatic nitrogens is 1. The summed E-state index contributed by atoms with van der Waals surface area (Å²) >= 11 is 0. The van der Waals surface area contributed by atoms with Crippen LogP contribution in [0.25, 0.3) is 0 Å². The van der Waals surface area contributed by atoms with Gasteiger partial charge >= 0.3 is 0 Å². The highest BCUT2D eigenvalue weighted by Crippen LogP contribution is 2.05. The van der Waals surface area contributed by atoms with Crippen molar-refractivity contribution in [2.24, 2.45) is 5.92 Å². The molecule has 1 N–H and O–H groups in total. The first kappa shape index (κ1) is 12.2. The van der Waals surface area contributed by atoms with E-state index in [-0.39, 0.29) is 5.91 Å². The highest BCUT2D eigenvalue weighted by Gasteiger charge is 2.15. The lowest BCUT2D eigenvalue weighted by Crippen LogP contribution is -2.29. The van der Waals surface area contributed by atoms with E-state index < -0.39 is 5.92 Å². The molecule has 0 saturated carbocycles. The van der Waals surface area contributed by atoms with Crippen LogP contribution in [0.2, 0.25) is 0 Å². The molecule has 0 bridgehead atoms. The summed E-state index contributed by atoms with van der Waals surface area (Å²) in [6.07, 6.45) is 4.82. The summed E-state index contributed by atoms with van der Waals surface area (Å²) < 4.78 is 0. The SMILES string of the molecule is CCCC(C#N)C(=O)NCc1cccnc1. The van der Waals surface area contributed by atoms with E-state index >= 15 is 0 Å². The van der Waals surface area contributed by atoms with Gasteiger partial charge in [0.1, 0.15) is 5.92 Å². The monoisotopic (exact) mass is 217 g/mol. The van der Waals surface area contributed by atoms with Crippen molar-refractivity contribution >= 4 is 5.91 Å². The largest absolute Gasteiger partial charge is 0.351 e. The van der Waals surface area contributed by atoms with Crippen LogP contribution in [-0.4, -0.2) is 10.9 Å². The average Bonchev–Trinajstić information content (AvgIpc) is 2.34. The average molecular weight is 217 g/mol. The number of rotatable bonds is 5. The Kier molecular flexibility index (Phi) is 5.00. The number of hydrogen-bond acceptors (Lipinski definition) is 3. The zero-order valence-electron chi connectivity index (χ0n) is 9.31. The molecular weight excluding hydrogens is 202 g/mol. The van der Waals surface area contributed by atoms with Crippen molar-refractivity contribution in [2.45, 2.75) is 26.3 Å². The minimum absolute atomic E-state index is 0.201. The molecule has 1 rings (SSSR count). The van der Waals surface area contributed by atoms with Crippen LogP contribution in [0.4, 0.5) is 0 Å². The molecule has 16 heavy (non-hydrogen) atoms. The maximum Gasteiger partial charge on any atom is 0.237 e. The first-order valence-electron chi connectivity index (χ1n) is 5.34. The Bertz CT molecular complexity index is 370. The number of carbonyl (C=O) groups is 1. The maximum atomic E-state index is 11.6. The van der Waals surface area contributed by atoms with E-state index in [1.54, 1.807) is 12.4 Å². The van der Waals surface area contributed by atoms with Gasteiger partial charge in [-0.2, -0.15) is 5.26 Å². The molecule has 0 saturated heterocycles. The van der Waals surface area contributed by atoms with E-state index in [9.17, 15) is 4.79 Å². The highest BCUT2D eigenvalue weighted by atomic mass is 16.1. The van der Waals surface area contributed by atoms with Gasteiger partial charge in [-0.1, -0.05) is 19.4 Å². The number of nitrogens with zero attached hydrogens (tertiary/aromatic N) is 2. The molecule has 0 spiro atoms. The van der Waals surface area contributed by atoms with Gasteiger partial charge in [-0.25, -0.2) is 0 Å². The van der Waals surface area contributed by atoms with Crippen LogP contribution in [-0.2, 0) is 11.3 Å². The summed E-state index contributed by atoms with van der Waals surface area (Å²) in [6.45, 7) is 2.38. The topological polar surface area (TPSA) is 65.8 Å². The highest BCUT2D eigenvalue weighted by molar-refractivity contribution is 5.80. The molecule has 4 heteroatoms. The van der Waals surface area contributed by atoms with Crippen molar-refractivity contribution < 1.29 is 4.79 Å². The van der Waals surface area contributed by atoms with Gasteiger partial charge in [0.25, 0.3) is 0 Å². The Labute approximate surface area is 95.3 Å². The molecule has 0 aliphatic heterocycles. The minimum atomic E-state index is -0.540. The summed E-state index contributed by atoms with van der Waals surface area (Å²) in [7, 11) is 0. The second-order valence-electron chi connectivity index (χ2n) is 3.55. The van der Waals surface area contributed by atoms with Gasteiger partial charge in [0.05, 0.1) is 6.07 Å². The van der Waals surface area contributed by atoms with Gasteiger partial charge in [0.2, 0.25) is 5.91 Å². The zero-order chi connectivity index (χ0) is 11.8. The van der Waals surface area contributed by atoms with E-state index in [1.807, 2.05) is 25.1 Å². The molecule has 4 nitrogen and oxygen atoms in total. The van der Waals surface area contributed by atoms with E-state index in [0.717, 1.165) is 12.0 Å². The first-order chi connectivity index (χ1) is 7.77. The number of amides is 1. The van der Waals surface area contributed by atoms with E-state index in [1.165, 1.54) is 0 Å². The van der Waals surface area contributed by atoms with Crippen molar-refractivity contribution in [1.82, 2.24) is 10.3 Å². The molecular formula is C12H15N3O. The normalized spacial score (nSPS) is 11.5. The molecule has 1 aromatic heterocycles. The van der Waals surface area contributed by atoms with Crippen LogP contribution in [0, 0.1) is 17.2 Å². The fourth-order valence-electron chi connectivity index (χ4n) is 1.36. The summed E-state index contributed by atoms with van der Waals surface area (Å²) in [5, 5.41) is 11.5. The van der Waals surface area contributed by atoms with Gasteiger partial charge in [-0.05, 0) is 18.1 Å². The van der Waals surface area contributed by atoms with Gasteiger partial charge in [0, 0.05) is 18.9 Å². The van der Waals surface area contributed by atoms with E-state index in [0.29, 0.717) is 13.0 Å². The zero-order valence-corrected chi connectivity index (χ0v) is 9.31. The van der Waals surface area contributed by atoms with Gasteiger partial charge in [-0.15, -0.1) is 0 Å². The Balaban J connectivity index is 2.44. The standard InChI is InChI=1S/C12H15N3O/c1-2-4-11(7-13)12(16)15-9-10-5-3-6-14-8-10/h3,5-6,8,11H,2,4,9H2,1H3,(H,15,16). The smallest absolute Gasteiger partial charge is 0.237 e. The molecule has 84 valence electrons. The lowest BCUT2D eigenvalue weighted by molar-refractivity contribution is -0.123. The van der Waals surface area contributed by atoms with E-state index in [4.69, 9.17) is 5.26 Å². The molecule has 1 unspecified atom stereocenters. The Morgan fingerprint density at radius 3 is 3.06 bits per heavy atom. The summed E-state index contributed by atoms with van der Waals surface area (Å²) in [5.74, 6) is -0.741. The van der Waals surface area contributed by atoms with Crippen LogP contribution in [0.15, 0.2) is 24.5 Å². The molecule has 0 radical (unpaired) electrons. The molecule has 1 heterocycles. The van der Waals surface area contributed by atoms with Gasteiger partial charge < -0.3 is 5.32 Å². The van der Waals surface area contributed by atoms with Gasteiger partial charge in [0.15, 0.2) is 0 Å². The number of nitrogens with one attached hydrogen (secondary N) is 1. The number of pyridine rings is 1. The molecule has 0 aromatic carbocycles. The maximum absolute atomic E-state index is 11.6. The number of hydrogen-bond donors (Lipinski definition) is 1. The van der Waals surface area contributed by atoms with Crippen molar-refractivity contribution in [1.29, 1.82) is 5.26 Å². The van der Waals surface area contributed by atoms with Crippen LogP contribution < -0.4 is 5.32 Å². The second-order valence-corrected chi connectivity index (χ2v) is 3.55. The lowest BCUT2D eigenvalue weighted by Gasteiger charge is -2.08. The van der Waals surface area contributed by atoms with Crippen LogP contribution >= 0.6 is 0 Å². The third-order valence-corrected chi connectivity index (χ3v) is 2.24. The lowest BCUT2D eigenvalue weighted by atomic mass is 10.0. The Morgan fingerprint density at radius 2 is 2.50 bits per heavy atom. The van der Waals surface area contributed by atoms with Crippen molar-refractivity contribution in [3.8, 4) is 6.07 Å². The fraction of sp³-hybridized carbons (Fsp3) is 0.417. The third kappa shape index (κ3) is 3.70. The molecule has 1 atom stereocenters. The third-order valence-electron chi connectivity index (χ3n) is 2.24. The van der Waals surface area contributed by atoms with Crippen molar-refractivity contribution in [2.75, 3.05) is 0 Å². The summed E-state index contributed by atoms with van der Waals surface area (Å²) in [6, 6.07) is 5.71. The minimum Gasteiger partial charge on any atom is -0.351 e. The summed E-state index contributed by atoms with van der Waals surface area (Å²) in [4.78, 5) is 15.5. The molecule has 1 aromatic rings. The Morgan fingerprint density at radius 1 is 1.69 bits per heavy atom. The van der Waals surface area contributed by atoms with Crippen LogP contribution in [0.1, 0.15) is 25.3 Å². The van der Waals surface area contributed by atoms with Crippen molar-refractivity contribution in [3.05, 3.63) is 30.1 Å². The molecule has 0 aliphatic rings. The Hall–Kier alpha value is -1.89. The van der Waals surface area contributed by atoms with Gasteiger partial charge in [-0.3, -0.25) is 9.78 Å². The second kappa shape index (κ2) is 6.57. The molecule has 0 aliphatic carbocycles. The van der Waals surface area contributed by atoms with Crippen LogP contribution in [0.5, 0.6) is 0 Å². The number of nitriles is 1. The quantitative estimate of drug-likeness (QED) is 0.815. The van der Waals surface area contributed by atoms with Crippen molar-refractivity contribution in [3.63, 3.8) is 0 Å². The molecule has 1 amide bonds. The summed E-state index contributed by atoms with van der Waals surface area (Å²) in [5.41, 5.74) is 0.934. The van der Waals surface area contributed by atoms with Crippen LogP contribution in [0.3, 0.4) is 0 Å².